The highest BCUT2D eigenvalue weighted by atomic mass is 32.1. The molecule has 0 unspecified atom stereocenters. The Bertz CT molecular complexity index is 470. The van der Waals surface area contributed by atoms with E-state index in [9.17, 15) is 4.79 Å². The zero-order valence-electron chi connectivity index (χ0n) is 13.6. The number of amides is 1. The molecular formula is C17H26N2O3S. The average Bonchev–Trinajstić information content (AvgIpc) is 3.04. The molecule has 3 heterocycles. The highest BCUT2D eigenvalue weighted by Crippen LogP contribution is 2.18. The molecule has 0 N–H and O–H groups in total. The van der Waals surface area contributed by atoms with Crippen LogP contribution in [0.2, 0.25) is 0 Å². The fourth-order valence-electron chi connectivity index (χ4n) is 2.97. The van der Waals surface area contributed by atoms with Gasteiger partial charge in [0, 0.05) is 43.4 Å². The van der Waals surface area contributed by atoms with Crippen molar-refractivity contribution in [3.63, 3.8) is 0 Å². The summed E-state index contributed by atoms with van der Waals surface area (Å²) in [6.07, 6.45) is 1.65. The summed E-state index contributed by atoms with van der Waals surface area (Å²) in [6.45, 7) is 7.80. The lowest BCUT2D eigenvalue weighted by molar-refractivity contribution is -0.137. The van der Waals surface area contributed by atoms with Crippen molar-refractivity contribution in [1.82, 2.24) is 9.80 Å². The van der Waals surface area contributed by atoms with Crippen LogP contribution in [-0.4, -0.2) is 68.3 Å². The van der Waals surface area contributed by atoms with Crippen LogP contribution in [0.1, 0.15) is 17.7 Å². The second kappa shape index (κ2) is 8.78. The quantitative estimate of drug-likeness (QED) is 0.725. The number of rotatable bonds is 8. The van der Waals surface area contributed by atoms with Crippen LogP contribution in [0.15, 0.2) is 17.5 Å². The average molecular weight is 338 g/mol. The van der Waals surface area contributed by atoms with E-state index in [1.807, 2.05) is 4.90 Å². The smallest absolute Gasteiger partial charge is 0.223 e. The number of nitrogens with zero attached hydrogens (tertiary/aromatic N) is 2. The summed E-state index contributed by atoms with van der Waals surface area (Å²) in [5.74, 6) is 0.696. The van der Waals surface area contributed by atoms with Gasteiger partial charge in [-0.05, 0) is 17.9 Å². The van der Waals surface area contributed by atoms with Crippen molar-refractivity contribution in [2.75, 3.05) is 52.6 Å². The summed E-state index contributed by atoms with van der Waals surface area (Å²) in [5, 5.41) is 2.07. The van der Waals surface area contributed by atoms with Gasteiger partial charge in [0.2, 0.25) is 5.91 Å². The van der Waals surface area contributed by atoms with Crippen molar-refractivity contribution in [3.05, 3.63) is 22.4 Å². The minimum absolute atomic E-state index is 0.272. The maximum atomic E-state index is 12.6. The molecule has 23 heavy (non-hydrogen) atoms. The van der Waals surface area contributed by atoms with Gasteiger partial charge in [0.25, 0.3) is 0 Å². The normalized spacial score (nSPS) is 19.5. The predicted octanol–water partition coefficient (Wildman–Crippen LogP) is 1.84. The molecular weight excluding hydrogens is 312 g/mol. The third-order valence-electron chi connectivity index (χ3n) is 4.46. The highest BCUT2D eigenvalue weighted by Gasteiger charge is 2.25. The van der Waals surface area contributed by atoms with E-state index in [1.54, 1.807) is 11.3 Å². The number of carbonyl (C=O) groups excluding carboxylic acids is 1. The van der Waals surface area contributed by atoms with Crippen molar-refractivity contribution in [1.29, 1.82) is 0 Å². The first-order chi connectivity index (χ1) is 11.3. The predicted molar refractivity (Wildman–Crippen MR) is 90.5 cm³/mol. The lowest BCUT2D eigenvalue weighted by atomic mass is 10.0. The summed E-state index contributed by atoms with van der Waals surface area (Å²) in [7, 11) is 0. The molecule has 3 rings (SSSR count). The van der Waals surface area contributed by atoms with Crippen molar-refractivity contribution in [3.8, 4) is 0 Å². The van der Waals surface area contributed by atoms with Gasteiger partial charge in [-0.25, -0.2) is 0 Å². The van der Waals surface area contributed by atoms with Crippen molar-refractivity contribution in [2.24, 2.45) is 5.92 Å². The van der Waals surface area contributed by atoms with E-state index in [4.69, 9.17) is 9.47 Å². The molecule has 0 aliphatic carbocycles. The SMILES string of the molecule is O=C(CC1COC1)N(CCCN1CCOCC1)Cc1cccs1. The topological polar surface area (TPSA) is 42.0 Å². The maximum absolute atomic E-state index is 12.6. The third-order valence-corrected chi connectivity index (χ3v) is 5.32. The van der Waals surface area contributed by atoms with Crippen LogP contribution in [-0.2, 0) is 20.8 Å². The van der Waals surface area contributed by atoms with E-state index in [-0.39, 0.29) is 5.91 Å². The summed E-state index contributed by atoms with van der Waals surface area (Å²) >= 11 is 1.72. The van der Waals surface area contributed by atoms with Crippen LogP contribution in [0.25, 0.3) is 0 Å². The minimum atomic E-state index is 0.272. The Kier molecular flexibility index (Phi) is 6.45. The number of morpholine rings is 1. The summed E-state index contributed by atoms with van der Waals surface area (Å²) in [5.41, 5.74) is 0. The Morgan fingerprint density at radius 2 is 2.13 bits per heavy atom. The molecule has 128 valence electrons. The molecule has 1 amide bonds. The van der Waals surface area contributed by atoms with Crippen LogP contribution in [0.5, 0.6) is 0 Å². The number of hydrogen-bond donors (Lipinski definition) is 0. The van der Waals surface area contributed by atoms with Gasteiger partial charge < -0.3 is 14.4 Å². The largest absolute Gasteiger partial charge is 0.381 e. The molecule has 1 aromatic rings. The van der Waals surface area contributed by atoms with E-state index in [0.29, 0.717) is 12.3 Å². The zero-order valence-corrected chi connectivity index (χ0v) is 14.4. The Balaban J connectivity index is 1.47. The molecule has 2 aliphatic rings. The van der Waals surface area contributed by atoms with Gasteiger partial charge in [-0.15, -0.1) is 11.3 Å². The van der Waals surface area contributed by atoms with Gasteiger partial charge >= 0.3 is 0 Å². The fraction of sp³-hybridized carbons (Fsp3) is 0.706. The number of thiophene rings is 1. The van der Waals surface area contributed by atoms with E-state index in [1.165, 1.54) is 4.88 Å². The van der Waals surface area contributed by atoms with Crippen molar-refractivity contribution in [2.45, 2.75) is 19.4 Å². The first-order valence-corrected chi connectivity index (χ1v) is 9.37. The molecule has 2 fully saturated rings. The molecule has 0 aromatic carbocycles. The number of carbonyl (C=O) groups is 1. The lowest BCUT2D eigenvalue weighted by Crippen LogP contribution is -2.40. The van der Waals surface area contributed by atoms with Crippen LogP contribution < -0.4 is 0 Å². The van der Waals surface area contributed by atoms with Gasteiger partial charge in [0.05, 0.1) is 33.0 Å². The Hall–Kier alpha value is -0.950. The van der Waals surface area contributed by atoms with Gasteiger partial charge in [-0.1, -0.05) is 6.07 Å². The second-order valence-electron chi connectivity index (χ2n) is 6.31. The zero-order chi connectivity index (χ0) is 15.9. The Labute approximate surface area is 142 Å². The Morgan fingerprint density at radius 3 is 2.78 bits per heavy atom. The van der Waals surface area contributed by atoms with Gasteiger partial charge in [0.15, 0.2) is 0 Å². The van der Waals surface area contributed by atoms with Gasteiger partial charge in [-0.2, -0.15) is 0 Å². The molecule has 0 radical (unpaired) electrons. The van der Waals surface area contributed by atoms with Gasteiger partial charge in [0.1, 0.15) is 0 Å². The summed E-state index contributed by atoms with van der Waals surface area (Å²) in [4.78, 5) is 18.3. The molecule has 0 saturated carbocycles. The van der Waals surface area contributed by atoms with E-state index in [0.717, 1.165) is 65.6 Å². The second-order valence-corrected chi connectivity index (χ2v) is 7.34. The molecule has 2 saturated heterocycles. The van der Waals surface area contributed by atoms with Gasteiger partial charge in [-0.3, -0.25) is 9.69 Å². The Morgan fingerprint density at radius 1 is 1.30 bits per heavy atom. The van der Waals surface area contributed by atoms with Crippen molar-refractivity contribution < 1.29 is 14.3 Å². The lowest BCUT2D eigenvalue weighted by Gasteiger charge is -2.30. The third kappa shape index (κ3) is 5.28. The fourth-order valence-corrected chi connectivity index (χ4v) is 3.69. The van der Waals surface area contributed by atoms with E-state index < -0.39 is 0 Å². The number of ether oxygens (including phenoxy) is 2. The first kappa shape index (κ1) is 16.9. The molecule has 0 spiro atoms. The van der Waals surface area contributed by atoms with Crippen molar-refractivity contribution >= 4 is 17.2 Å². The van der Waals surface area contributed by atoms with Crippen LogP contribution in [0, 0.1) is 5.92 Å². The van der Waals surface area contributed by atoms with Crippen LogP contribution >= 0.6 is 11.3 Å². The van der Waals surface area contributed by atoms with Crippen LogP contribution in [0.3, 0.4) is 0 Å². The molecule has 0 atom stereocenters. The van der Waals surface area contributed by atoms with E-state index in [2.05, 4.69) is 22.4 Å². The standard InChI is InChI=1S/C17H26N2O3S/c20-17(11-15-13-22-14-15)19(12-16-3-1-10-23-16)5-2-4-18-6-8-21-9-7-18/h1,3,10,15H,2,4-9,11-14H2. The molecule has 6 heteroatoms. The first-order valence-electron chi connectivity index (χ1n) is 8.49. The molecule has 0 bridgehead atoms. The minimum Gasteiger partial charge on any atom is -0.381 e. The molecule has 5 nitrogen and oxygen atoms in total. The summed E-state index contributed by atoms with van der Waals surface area (Å²) < 4.78 is 10.6. The molecule has 2 aliphatic heterocycles. The van der Waals surface area contributed by atoms with Crippen LogP contribution in [0.4, 0.5) is 0 Å². The number of hydrogen-bond acceptors (Lipinski definition) is 5. The summed E-state index contributed by atoms with van der Waals surface area (Å²) in [6, 6.07) is 4.16. The molecule has 1 aromatic heterocycles. The monoisotopic (exact) mass is 338 g/mol. The highest BCUT2D eigenvalue weighted by molar-refractivity contribution is 7.09. The maximum Gasteiger partial charge on any atom is 0.223 e. The van der Waals surface area contributed by atoms with E-state index >= 15 is 0 Å².